The summed E-state index contributed by atoms with van der Waals surface area (Å²) in [5.41, 5.74) is 8.90. The molecule has 9 heteroatoms. The minimum Gasteiger partial charge on any atom is -0.489 e. The van der Waals surface area contributed by atoms with Crippen molar-refractivity contribution in [1.82, 2.24) is 24.7 Å². The second-order valence-electron chi connectivity index (χ2n) is 7.38. The smallest absolute Gasteiger partial charge is 0.248 e. The quantitative estimate of drug-likeness (QED) is 0.311. The molecule has 0 amide bonds. The summed E-state index contributed by atoms with van der Waals surface area (Å²) in [5.74, 6) is 2.38. The van der Waals surface area contributed by atoms with Gasteiger partial charge in [-0.1, -0.05) is 54.6 Å². The molecule has 4 N–H and O–H groups in total. The van der Waals surface area contributed by atoms with Gasteiger partial charge in [-0.3, -0.25) is 0 Å². The van der Waals surface area contributed by atoms with E-state index < -0.39 is 0 Å². The molecule has 5 aromatic rings. The van der Waals surface area contributed by atoms with Gasteiger partial charge in [-0.05, 0) is 29.8 Å². The fraction of sp³-hybridized carbons (Fsp3) is 0.0400. The highest BCUT2D eigenvalue weighted by Gasteiger charge is 2.12. The Kier molecular flexibility index (Phi) is 5.98. The van der Waals surface area contributed by atoms with Crippen LogP contribution in [0.3, 0.4) is 0 Å². The lowest BCUT2D eigenvalue weighted by molar-refractivity contribution is 0.306. The Morgan fingerprint density at radius 1 is 0.794 bits per heavy atom. The van der Waals surface area contributed by atoms with Gasteiger partial charge in [-0.25, -0.2) is 9.97 Å². The van der Waals surface area contributed by atoms with Gasteiger partial charge in [0.1, 0.15) is 24.5 Å². The van der Waals surface area contributed by atoms with Crippen molar-refractivity contribution in [3.63, 3.8) is 0 Å². The lowest BCUT2D eigenvalue weighted by atomic mass is 10.2. The van der Waals surface area contributed by atoms with Crippen LogP contribution in [0.4, 0.5) is 29.1 Å². The van der Waals surface area contributed by atoms with Gasteiger partial charge >= 0.3 is 0 Å². The summed E-state index contributed by atoms with van der Waals surface area (Å²) in [6, 6.07) is 29.1. The molecule has 0 spiro atoms. The third kappa shape index (κ3) is 5.10. The largest absolute Gasteiger partial charge is 0.489 e. The first-order valence-electron chi connectivity index (χ1n) is 10.6. The van der Waals surface area contributed by atoms with Crippen molar-refractivity contribution < 1.29 is 4.74 Å². The molecule has 0 atom stereocenters. The maximum absolute atomic E-state index is 6.12. The number of para-hydroxylation sites is 1. The molecular formula is C25H22N8O. The third-order valence-corrected chi connectivity index (χ3v) is 4.89. The first kappa shape index (κ1) is 21.0. The summed E-state index contributed by atoms with van der Waals surface area (Å²) in [5, 5.41) is 10.9. The van der Waals surface area contributed by atoms with Crippen LogP contribution in [0.5, 0.6) is 5.75 Å². The molecule has 34 heavy (non-hydrogen) atoms. The van der Waals surface area contributed by atoms with Crippen LogP contribution >= 0.6 is 0 Å². The number of anilines is 5. The van der Waals surface area contributed by atoms with Crippen molar-refractivity contribution in [2.45, 2.75) is 6.61 Å². The molecule has 0 saturated heterocycles. The number of rotatable bonds is 8. The van der Waals surface area contributed by atoms with Crippen LogP contribution in [0.25, 0.3) is 5.82 Å². The predicted molar refractivity (Wildman–Crippen MR) is 132 cm³/mol. The molecule has 2 heterocycles. The number of ether oxygens (including phenoxy) is 1. The molecular weight excluding hydrogens is 428 g/mol. The molecule has 0 unspecified atom stereocenters. The molecule has 2 aromatic heterocycles. The number of nitrogens with two attached hydrogens (primary N) is 1. The van der Waals surface area contributed by atoms with Gasteiger partial charge < -0.3 is 21.1 Å². The van der Waals surface area contributed by atoms with Crippen molar-refractivity contribution in [3.05, 3.63) is 103 Å². The second-order valence-corrected chi connectivity index (χ2v) is 7.38. The molecule has 5 rings (SSSR count). The van der Waals surface area contributed by atoms with Gasteiger partial charge in [0.05, 0.1) is 0 Å². The fourth-order valence-electron chi connectivity index (χ4n) is 3.28. The lowest BCUT2D eigenvalue weighted by Crippen LogP contribution is -2.06. The highest BCUT2D eigenvalue weighted by molar-refractivity contribution is 5.59. The molecule has 0 saturated carbocycles. The van der Waals surface area contributed by atoms with Crippen LogP contribution in [0.2, 0.25) is 0 Å². The first-order chi connectivity index (χ1) is 16.7. The van der Waals surface area contributed by atoms with E-state index in [4.69, 9.17) is 10.5 Å². The summed E-state index contributed by atoms with van der Waals surface area (Å²) < 4.78 is 7.35. The van der Waals surface area contributed by atoms with Crippen LogP contribution in [0.15, 0.2) is 97.3 Å². The number of nitrogens with zero attached hydrogens (tertiary/aromatic N) is 5. The van der Waals surface area contributed by atoms with Crippen molar-refractivity contribution in [3.8, 4) is 11.6 Å². The highest BCUT2D eigenvalue weighted by atomic mass is 16.5. The van der Waals surface area contributed by atoms with Gasteiger partial charge in [0.15, 0.2) is 5.82 Å². The van der Waals surface area contributed by atoms with E-state index in [9.17, 15) is 0 Å². The lowest BCUT2D eigenvalue weighted by Gasteiger charge is -2.08. The molecule has 0 aliphatic heterocycles. The van der Waals surface area contributed by atoms with Crippen molar-refractivity contribution >= 4 is 29.1 Å². The van der Waals surface area contributed by atoms with E-state index in [2.05, 4.69) is 30.7 Å². The number of aromatic nitrogens is 5. The summed E-state index contributed by atoms with van der Waals surface area (Å²) in [6.07, 6.45) is 1.45. The first-order valence-corrected chi connectivity index (χ1v) is 10.6. The highest BCUT2D eigenvalue weighted by Crippen LogP contribution is 2.23. The Labute approximate surface area is 196 Å². The van der Waals surface area contributed by atoms with Crippen molar-refractivity contribution in [2.24, 2.45) is 0 Å². The van der Waals surface area contributed by atoms with Gasteiger partial charge in [0, 0.05) is 23.5 Å². The predicted octanol–water partition coefficient (Wildman–Crippen LogP) is 4.71. The number of benzene rings is 3. The molecule has 3 aromatic carbocycles. The standard InChI is InChI=1S/C25H22N8O/c26-24-31-25(30-20-12-7-13-21(14-20)34-16-18-8-3-1-4-9-18)32-33(24)23-15-22(27-17-28-23)29-19-10-5-2-6-11-19/h1-15,17H,16H2,(H,27,28,29)(H3,26,30,31,32). The maximum Gasteiger partial charge on any atom is 0.248 e. The fourth-order valence-corrected chi connectivity index (χ4v) is 3.28. The van der Waals surface area contributed by atoms with Crippen LogP contribution in [-0.2, 0) is 6.61 Å². The number of nitrogens with one attached hydrogen (secondary N) is 2. The van der Waals surface area contributed by atoms with Crippen LogP contribution in [0, 0.1) is 0 Å². The van der Waals surface area contributed by atoms with E-state index in [0.29, 0.717) is 24.2 Å². The van der Waals surface area contributed by atoms with Crippen LogP contribution in [-0.4, -0.2) is 24.7 Å². The zero-order valence-electron chi connectivity index (χ0n) is 18.2. The van der Waals surface area contributed by atoms with E-state index in [1.165, 1.54) is 11.0 Å². The van der Waals surface area contributed by atoms with Crippen LogP contribution < -0.4 is 21.1 Å². The summed E-state index contributed by atoms with van der Waals surface area (Å²) in [7, 11) is 0. The van der Waals surface area contributed by atoms with E-state index in [-0.39, 0.29) is 5.95 Å². The summed E-state index contributed by atoms with van der Waals surface area (Å²) in [6.45, 7) is 0.483. The normalized spacial score (nSPS) is 10.6. The van der Waals surface area contributed by atoms with Gasteiger partial charge in [-0.15, -0.1) is 5.10 Å². The summed E-state index contributed by atoms with van der Waals surface area (Å²) >= 11 is 0. The van der Waals surface area contributed by atoms with Gasteiger partial charge in [0.25, 0.3) is 0 Å². The minimum absolute atomic E-state index is 0.198. The average Bonchev–Trinajstić information content (AvgIpc) is 3.24. The number of hydrogen-bond acceptors (Lipinski definition) is 8. The number of hydrogen-bond donors (Lipinski definition) is 3. The molecule has 168 valence electrons. The molecule has 0 fully saturated rings. The Morgan fingerprint density at radius 3 is 2.38 bits per heavy atom. The van der Waals surface area contributed by atoms with E-state index in [1.807, 2.05) is 84.9 Å². The van der Waals surface area contributed by atoms with E-state index in [1.54, 1.807) is 6.07 Å². The topological polar surface area (TPSA) is 116 Å². The zero-order valence-corrected chi connectivity index (χ0v) is 18.2. The Hall–Kier alpha value is -4.92. The van der Waals surface area contributed by atoms with E-state index >= 15 is 0 Å². The number of nitrogen functional groups attached to an aromatic ring is 1. The second kappa shape index (κ2) is 9.70. The molecule has 0 radical (unpaired) electrons. The minimum atomic E-state index is 0.198. The Morgan fingerprint density at radius 2 is 1.56 bits per heavy atom. The van der Waals surface area contributed by atoms with Gasteiger partial charge in [0.2, 0.25) is 11.9 Å². The Balaban J connectivity index is 1.29. The molecule has 0 aliphatic rings. The van der Waals surface area contributed by atoms with Crippen molar-refractivity contribution in [1.29, 1.82) is 0 Å². The van der Waals surface area contributed by atoms with Crippen LogP contribution in [0.1, 0.15) is 5.56 Å². The monoisotopic (exact) mass is 450 g/mol. The van der Waals surface area contributed by atoms with E-state index in [0.717, 1.165) is 22.7 Å². The third-order valence-electron chi connectivity index (χ3n) is 4.89. The summed E-state index contributed by atoms with van der Waals surface area (Å²) in [4.78, 5) is 12.9. The Bertz CT molecular complexity index is 1370. The molecule has 0 aliphatic carbocycles. The zero-order chi connectivity index (χ0) is 23.2. The van der Waals surface area contributed by atoms with Crippen molar-refractivity contribution in [2.75, 3.05) is 16.4 Å². The average molecular weight is 451 g/mol. The SMILES string of the molecule is Nc1nc(Nc2cccc(OCc3ccccc3)c2)nn1-c1cc(Nc2ccccc2)ncn1. The molecule has 9 nitrogen and oxygen atoms in total. The maximum atomic E-state index is 6.12. The molecule has 0 bridgehead atoms. The van der Waals surface area contributed by atoms with Gasteiger partial charge in [-0.2, -0.15) is 9.67 Å².